The van der Waals surface area contributed by atoms with Crippen LogP contribution in [-0.2, 0) is 28.5 Å². The maximum absolute atomic E-state index is 11.7. The molecule has 0 N–H and O–H groups in total. The molecule has 156 valence electrons. The highest BCUT2D eigenvalue weighted by molar-refractivity contribution is 5.69. The summed E-state index contributed by atoms with van der Waals surface area (Å²) in [4.78, 5) is 11.5. The summed E-state index contributed by atoms with van der Waals surface area (Å²) >= 11 is 0. The van der Waals surface area contributed by atoms with E-state index in [1.54, 1.807) is 0 Å². The molecule has 0 atom stereocenters. The fraction of sp³-hybridized carbons (Fsp3) is 0.947. The Morgan fingerprint density at radius 2 is 1.12 bits per heavy atom. The second kappa shape index (κ2) is 22.3. The Morgan fingerprint density at radius 1 is 0.654 bits per heavy atom. The lowest BCUT2D eigenvalue weighted by atomic mass is 10.1. The summed E-state index contributed by atoms with van der Waals surface area (Å²) in [5.41, 5.74) is 0. The lowest BCUT2D eigenvalue weighted by molar-refractivity contribution is -0.145. The average molecular weight is 380 g/mol. The van der Waals surface area contributed by atoms with Crippen molar-refractivity contribution in [2.24, 2.45) is 0 Å². The van der Waals surface area contributed by atoms with Gasteiger partial charge in [-0.1, -0.05) is 39.0 Å². The van der Waals surface area contributed by atoms with Crippen LogP contribution in [0.3, 0.4) is 0 Å². The molecule has 0 heterocycles. The van der Waals surface area contributed by atoms with Gasteiger partial charge in [-0.3, -0.25) is 4.79 Å². The van der Waals surface area contributed by atoms with E-state index < -0.39 is 6.67 Å². The zero-order valence-electron chi connectivity index (χ0n) is 16.3. The van der Waals surface area contributed by atoms with Crippen molar-refractivity contribution in [1.82, 2.24) is 0 Å². The number of rotatable bonds is 21. The van der Waals surface area contributed by atoms with E-state index in [1.165, 1.54) is 25.7 Å². The number of alkyl halides is 1. The number of carbonyl (C=O) groups excluding carboxylic acids is 1. The molecule has 0 radical (unpaired) electrons. The van der Waals surface area contributed by atoms with E-state index in [1.807, 2.05) is 0 Å². The fourth-order valence-corrected chi connectivity index (χ4v) is 2.15. The van der Waals surface area contributed by atoms with Crippen molar-refractivity contribution in [2.45, 2.75) is 51.9 Å². The lowest BCUT2D eigenvalue weighted by Gasteiger charge is -2.08. The Kier molecular flexibility index (Phi) is 21.6. The van der Waals surface area contributed by atoms with Crippen molar-refractivity contribution in [3.05, 3.63) is 0 Å². The van der Waals surface area contributed by atoms with Crippen molar-refractivity contribution >= 4 is 5.97 Å². The molecule has 6 nitrogen and oxygen atoms in total. The first kappa shape index (κ1) is 25.2. The number of esters is 1. The van der Waals surface area contributed by atoms with Crippen LogP contribution in [0.5, 0.6) is 0 Å². The van der Waals surface area contributed by atoms with Gasteiger partial charge < -0.3 is 23.7 Å². The average Bonchev–Trinajstić information content (AvgIpc) is 2.65. The molecule has 0 fully saturated rings. The maximum atomic E-state index is 11.7. The summed E-state index contributed by atoms with van der Waals surface area (Å²) < 4.78 is 37.7. The number of unbranched alkanes of at least 4 members (excludes halogenated alkanes) is 5. The molecule has 0 aromatic heterocycles. The summed E-state index contributed by atoms with van der Waals surface area (Å²) in [6.07, 6.45) is 7.45. The third-order valence-corrected chi connectivity index (χ3v) is 3.56. The smallest absolute Gasteiger partial charge is 0.305 e. The molecule has 26 heavy (non-hydrogen) atoms. The van der Waals surface area contributed by atoms with E-state index in [9.17, 15) is 9.18 Å². The number of hydrogen-bond donors (Lipinski definition) is 0. The molecule has 0 aromatic rings. The predicted octanol–water partition coefficient (Wildman–Crippen LogP) is 3.32. The molecule has 0 spiro atoms. The highest BCUT2D eigenvalue weighted by Crippen LogP contribution is 2.07. The van der Waals surface area contributed by atoms with Gasteiger partial charge >= 0.3 is 5.97 Å². The van der Waals surface area contributed by atoms with E-state index in [2.05, 4.69) is 6.92 Å². The second-order valence-electron chi connectivity index (χ2n) is 5.88. The van der Waals surface area contributed by atoms with Crippen LogP contribution in [0.2, 0.25) is 0 Å². The molecule has 0 unspecified atom stereocenters. The van der Waals surface area contributed by atoms with Gasteiger partial charge in [0.25, 0.3) is 0 Å². The quantitative estimate of drug-likeness (QED) is 0.225. The predicted molar refractivity (Wildman–Crippen MR) is 98.2 cm³/mol. The van der Waals surface area contributed by atoms with Gasteiger partial charge in [0.05, 0.1) is 52.9 Å². The first-order valence-corrected chi connectivity index (χ1v) is 9.83. The van der Waals surface area contributed by atoms with E-state index in [0.717, 1.165) is 12.8 Å². The normalized spacial score (nSPS) is 11.0. The molecule has 7 heteroatoms. The molecule has 0 bridgehead atoms. The summed E-state index contributed by atoms with van der Waals surface area (Å²) in [7, 11) is 0. The molecule has 0 rings (SSSR count). The van der Waals surface area contributed by atoms with Crippen LogP contribution in [-0.4, -0.2) is 72.1 Å². The van der Waals surface area contributed by atoms with Crippen molar-refractivity contribution in [3.8, 4) is 0 Å². The van der Waals surface area contributed by atoms with Crippen LogP contribution in [0.1, 0.15) is 51.9 Å². The van der Waals surface area contributed by atoms with E-state index in [-0.39, 0.29) is 19.2 Å². The first-order valence-electron chi connectivity index (χ1n) is 9.83. The third-order valence-electron chi connectivity index (χ3n) is 3.56. The van der Waals surface area contributed by atoms with Gasteiger partial charge in [-0.05, 0) is 6.42 Å². The van der Waals surface area contributed by atoms with Crippen LogP contribution in [0.25, 0.3) is 0 Å². The van der Waals surface area contributed by atoms with E-state index >= 15 is 0 Å². The monoisotopic (exact) mass is 380 g/mol. The number of hydrogen-bond acceptors (Lipinski definition) is 6. The van der Waals surface area contributed by atoms with Crippen molar-refractivity contribution in [1.29, 1.82) is 0 Å². The molecule has 0 aromatic carbocycles. The molecule has 0 saturated carbocycles. The second-order valence-corrected chi connectivity index (χ2v) is 5.88. The van der Waals surface area contributed by atoms with Crippen LogP contribution >= 0.6 is 0 Å². The number of ether oxygens (including phenoxy) is 5. The fourth-order valence-electron chi connectivity index (χ4n) is 2.15. The Hall–Kier alpha value is -0.760. The van der Waals surface area contributed by atoms with Gasteiger partial charge in [0.15, 0.2) is 0 Å². The minimum absolute atomic E-state index is 0.117. The first-order chi connectivity index (χ1) is 12.8. The minimum Gasteiger partial charge on any atom is -0.463 e. The van der Waals surface area contributed by atoms with Gasteiger partial charge in [-0.15, -0.1) is 0 Å². The minimum atomic E-state index is -0.471. The SMILES string of the molecule is CCCCCCCCC(=O)OCCOCCOCCOCCOCCF. The summed E-state index contributed by atoms with van der Waals surface area (Å²) in [5.74, 6) is -0.145. The zero-order valence-corrected chi connectivity index (χ0v) is 16.3. The molecule has 0 aliphatic rings. The van der Waals surface area contributed by atoms with Crippen LogP contribution < -0.4 is 0 Å². The van der Waals surface area contributed by atoms with E-state index in [0.29, 0.717) is 52.7 Å². The summed E-state index contributed by atoms with van der Waals surface area (Å²) in [5, 5.41) is 0. The molecule has 0 aliphatic carbocycles. The summed E-state index contributed by atoms with van der Waals surface area (Å²) in [6.45, 7) is 5.19. The van der Waals surface area contributed by atoms with Crippen LogP contribution in [0.4, 0.5) is 4.39 Å². The van der Waals surface area contributed by atoms with Gasteiger partial charge in [-0.25, -0.2) is 4.39 Å². The molecule has 0 saturated heterocycles. The van der Waals surface area contributed by atoms with E-state index in [4.69, 9.17) is 23.7 Å². The molecule has 0 amide bonds. The highest BCUT2D eigenvalue weighted by Gasteiger charge is 2.02. The molecular weight excluding hydrogens is 343 g/mol. The molecular formula is C19H37FO6. The van der Waals surface area contributed by atoms with Gasteiger partial charge in [0, 0.05) is 6.42 Å². The van der Waals surface area contributed by atoms with Crippen molar-refractivity contribution in [2.75, 3.05) is 66.1 Å². The van der Waals surface area contributed by atoms with Gasteiger partial charge in [0.2, 0.25) is 0 Å². The third kappa shape index (κ3) is 21.3. The van der Waals surface area contributed by atoms with Crippen LogP contribution in [0, 0.1) is 0 Å². The maximum Gasteiger partial charge on any atom is 0.305 e. The Labute approximate surface area is 157 Å². The van der Waals surface area contributed by atoms with Gasteiger partial charge in [-0.2, -0.15) is 0 Å². The Balaban J connectivity index is 3.11. The standard InChI is InChI=1S/C19H37FO6/c1-2-3-4-5-6-7-8-19(21)26-18-17-25-16-15-24-14-13-23-12-11-22-10-9-20/h2-18H2,1H3. The van der Waals surface area contributed by atoms with Gasteiger partial charge in [0.1, 0.15) is 13.3 Å². The topological polar surface area (TPSA) is 63.2 Å². The van der Waals surface area contributed by atoms with Crippen molar-refractivity contribution in [3.63, 3.8) is 0 Å². The zero-order chi connectivity index (χ0) is 19.1. The molecule has 0 aliphatic heterocycles. The number of carbonyl (C=O) groups is 1. The Bertz CT molecular complexity index is 291. The summed E-state index contributed by atoms with van der Waals surface area (Å²) in [6, 6.07) is 0. The lowest BCUT2D eigenvalue weighted by Crippen LogP contribution is -2.14. The van der Waals surface area contributed by atoms with Crippen LogP contribution in [0.15, 0.2) is 0 Å². The van der Waals surface area contributed by atoms with Crippen molar-refractivity contribution < 1.29 is 32.9 Å². The highest BCUT2D eigenvalue weighted by atomic mass is 19.1. The number of halogens is 1. The Morgan fingerprint density at radius 3 is 1.65 bits per heavy atom. The largest absolute Gasteiger partial charge is 0.463 e.